The Balaban J connectivity index is 1.37. The standard InChI is InChI=1S/C18H22ClN7/c1-24-17(11-26-13-20-12-21-26)22-23-18(24)15-5-7-25(8-6-15)10-14-3-2-4-16(19)9-14/h2-4,9,12-13,15H,5-8,10-11H2,1H3. The van der Waals surface area contributed by atoms with Crippen LogP contribution in [0.5, 0.6) is 0 Å². The summed E-state index contributed by atoms with van der Waals surface area (Å²) >= 11 is 6.09. The smallest absolute Gasteiger partial charge is 0.154 e. The van der Waals surface area contributed by atoms with E-state index in [-0.39, 0.29) is 0 Å². The van der Waals surface area contributed by atoms with Crippen molar-refractivity contribution in [1.82, 2.24) is 34.4 Å². The summed E-state index contributed by atoms with van der Waals surface area (Å²) in [5.74, 6) is 2.43. The van der Waals surface area contributed by atoms with Crippen LogP contribution in [-0.2, 0) is 20.1 Å². The van der Waals surface area contributed by atoms with Gasteiger partial charge in [-0.1, -0.05) is 23.7 Å². The maximum absolute atomic E-state index is 6.09. The van der Waals surface area contributed by atoms with E-state index in [1.807, 2.05) is 25.2 Å². The lowest BCUT2D eigenvalue weighted by atomic mass is 9.95. The number of rotatable bonds is 5. The fraction of sp³-hybridized carbons (Fsp3) is 0.444. The maximum atomic E-state index is 6.09. The minimum absolute atomic E-state index is 0.451. The lowest BCUT2D eigenvalue weighted by molar-refractivity contribution is 0.200. The Hall–Kier alpha value is -2.25. The van der Waals surface area contributed by atoms with Gasteiger partial charge in [0.05, 0.1) is 0 Å². The molecule has 1 aliphatic heterocycles. The van der Waals surface area contributed by atoms with E-state index < -0.39 is 0 Å². The molecule has 0 N–H and O–H groups in total. The van der Waals surface area contributed by atoms with Crippen molar-refractivity contribution in [3.63, 3.8) is 0 Å². The third-order valence-corrected chi connectivity index (χ3v) is 5.25. The zero-order valence-electron chi connectivity index (χ0n) is 14.8. The van der Waals surface area contributed by atoms with Crippen molar-refractivity contribution < 1.29 is 0 Å². The third kappa shape index (κ3) is 3.78. The molecule has 1 fully saturated rings. The summed E-state index contributed by atoms with van der Waals surface area (Å²) in [5.41, 5.74) is 1.27. The molecule has 2 aromatic heterocycles. The fourth-order valence-corrected chi connectivity index (χ4v) is 3.78. The van der Waals surface area contributed by atoms with Crippen molar-refractivity contribution in [2.75, 3.05) is 13.1 Å². The largest absolute Gasteiger partial charge is 0.316 e. The molecule has 0 amide bonds. The van der Waals surface area contributed by atoms with Gasteiger partial charge in [-0.15, -0.1) is 10.2 Å². The Morgan fingerprint density at radius 3 is 2.73 bits per heavy atom. The van der Waals surface area contributed by atoms with E-state index in [9.17, 15) is 0 Å². The molecule has 3 heterocycles. The van der Waals surface area contributed by atoms with Crippen LogP contribution >= 0.6 is 11.6 Å². The van der Waals surface area contributed by atoms with Crippen LogP contribution in [0.15, 0.2) is 36.9 Å². The zero-order chi connectivity index (χ0) is 17.9. The van der Waals surface area contributed by atoms with Gasteiger partial charge in [-0.3, -0.25) is 4.90 Å². The van der Waals surface area contributed by atoms with Gasteiger partial charge in [0.15, 0.2) is 5.82 Å². The highest BCUT2D eigenvalue weighted by Gasteiger charge is 2.25. The second-order valence-corrected chi connectivity index (χ2v) is 7.24. The summed E-state index contributed by atoms with van der Waals surface area (Å²) in [7, 11) is 2.04. The average Bonchev–Trinajstić information content (AvgIpc) is 3.27. The molecule has 0 spiro atoms. The van der Waals surface area contributed by atoms with E-state index in [0.717, 1.165) is 49.1 Å². The quantitative estimate of drug-likeness (QED) is 0.689. The molecule has 0 radical (unpaired) electrons. The number of hydrogen-bond acceptors (Lipinski definition) is 5. The Bertz CT molecular complexity index is 850. The van der Waals surface area contributed by atoms with Crippen LogP contribution in [0, 0.1) is 0 Å². The molecule has 0 aliphatic carbocycles. The van der Waals surface area contributed by atoms with Crippen LogP contribution in [0.2, 0.25) is 5.02 Å². The highest BCUT2D eigenvalue weighted by Crippen LogP contribution is 2.28. The number of hydrogen-bond donors (Lipinski definition) is 0. The van der Waals surface area contributed by atoms with Gasteiger partial charge in [-0.25, -0.2) is 9.67 Å². The van der Waals surface area contributed by atoms with Crippen LogP contribution in [0.25, 0.3) is 0 Å². The van der Waals surface area contributed by atoms with Gasteiger partial charge in [0.2, 0.25) is 0 Å². The highest BCUT2D eigenvalue weighted by molar-refractivity contribution is 6.30. The van der Waals surface area contributed by atoms with Gasteiger partial charge in [-0.2, -0.15) is 5.10 Å². The molecule has 0 atom stereocenters. The predicted octanol–water partition coefficient (Wildman–Crippen LogP) is 2.49. The van der Waals surface area contributed by atoms with E-state index in [2.05, 4.69) is 35.8 Å². The molecular formula is C18H22ClN7. The number of benzene rings is 1. The fourth-order valence-electron chi connectivity index (χ4n) is 3.57. The van der Waals surface area contributed by atoms with E-state index in [0.29, 0.717) is 12.5 Å². The van der Waals surface area contributed by atoms with E-state index in [1.165, 1.54) is 11.9 Å². The Labute approximate surface area is 157 Å². The van der Waals surface area contributed by atoms with Crippen molar-refractivity contribution in [3.8, 4) is 0 Å². The summed E-state index contributed by atoms with van der Waals surface area (Å²) in [4.78, 5) is 6.45. The minimum atomic E-state index is 0.451. The molecule has 8 heteroatoms. The van der Waals surface area contributed by atoms with Crippen LogP contribution in [0.1, 0.15) is 36.0 Å². The number of nitrogens with zero attached hydrogens (tertiary/aromatic N) is 7. The van der Waals surface area contributed by atoms with Gasteiger partial charge in [0.1, 0.15) is 25.0 Å². The summed E-state index contributed by atoms with van der Waals surface area (Å²) in [6, 6.07) is 8.12. The van der Waals surface area contributed by atoms with Crippen molar-refractivity contribution in [2.24, 2.45) is 7.05 Å². The lowest BCUT2D eigenvalue weighted by Crippen LogP contribution is -2.33. The van der Waals surface area contributed by atoms with Crippen molar-refractivity contribution >= 4 is 11.6 Å². The molecule has 1 aromatic carbocycles. The molecule has 1 aliphatic rings. The van der Waals surface area contributed by atoms with Gasteiger partial charge in [0.25, 0.3) is 0 Å². The van der Waals surface area contributed by atoms with E-state index >= 15 is 0 Å². The second-order valence-electron chi connectivity index (χ2n) is 6.81. The molecule has 7 nitrogen and oxygen atoms in total. The Morgan fingerprint density at radius 1 is 1.15 bits per heavy atom. The number of aromatic nitrogens is 6. The molecule has 26 heavy (non-hydrogen) atoms. The Morgan fingerprint density at radius 2 is 2.00 bits per heavy atom. The first kappa shape index (κ1) is 17.2. The SMILES string of the molecule is Cn1c(Cn2cncn2)nnc1C1CCN(Cc2cccc(Cl)c2)CC1. The average molecular weight is 372 g/mol. The third-order valence-electron chi connectivity index (χ3n) is 5.02. The number of halogens is 1. The monoisotopic (exact) mass is 371 g/mol. The first-order valence-corrected chi connectivity index (χ1v) is 9.24. The van der Waals surface area contributed by atoms with Crippen molar-refractivity contribution in [1.29, 1.82) is 0 Å². The molecule has 1 saturated heterocycles. The van der Waals surface area contributed by atoms with Crippen LogP contribution < -0.4 is 0 Å². The van der Waals surface area contributed by atoms with Crippen LogP contribution in [0.3, 0.4) is 0 Å². The summed E-state index contributed by atoms with van der Waals surface area (Å²) < 4.78 is 3.88. The maximum Gasteiger partial charge on any atom is 0.154 e. The molecule has 4 rings (SSSR count). The predicted molar refractivity (Wildman–Crippen MR) is 98.8 cm³/mol. The van der Waals surface area contributed by atoms with Crippen molar-refractivity contribution in [2.45, 2.75) is 31.8 Å². The number of likely N-dealkylation sites (tertiary alicyclic amines) is 1. The molecule has 3 aromatic rings. The lowest BCUT2D eigenvalue weighted by Gasteiger charge is -2.31. The van der Waals surface area contributed by atoms with Gasteiger partial charge >= 0.3 is 0 Å². The summed E-state index contributed by atoms with van der Waals surface area (Å²) in [6.07, 6.45) is 5.42. The van der Waals surface area contributed by atoms with Gasteiger partial charge in [-0.05, 0) is 43.6 Å². The first-order chi connectivity index (χ1) is 12.7. The summed E-state index contributed by atoms with van der Waals surface area (Å²) in [5, 5.41) is 13.8. The molecule has 0 saturated carbocycles. The molecule has 0 unspecified atom stereocenters. The van der Waals surface area contributed by atoms with E-state index in [4.69, 9.17) is 11.6 Å². The van der Waals surface area contributed by atoms with Gasteiger partial charge in [0, 0.05) is 24.5 Å². The zero-order valence-corrected chi connectivity index (χ0v) is 15.5. The minimum Gasteiger partial charge on any atom is -0.316 e. The summed E-state index contributed by atoms with van der Waals surface area (Å²) in [6.45, 7) is 3.66. The van der Waals surface area contributed by atoms with Gasteiger partial charge < -0.3 is 4.57 Å². The highest BCUT2D eigenvalue weighted by atomic mass is 35.5. The van der Waals surface area contributed by atoms with Crippen molar-refractivity contribution in [3.05, 3.63) is 59.2 Å². The normalized spacial score (nSPS) is 16.2. The Kier molecular flexibility index (Phi) is 4.99. The molecular weight excluding hydrogens is 350 g/mol. The molecule has 0 bridgehead atoms. The second kappa shape index (κ2) is 7.55. The molecule has 136 valence electrons. The number of piperidine rings is 1. The van der Waals surface area contributed by atoms with E-state index in [1.54, 1.807) is 11.0 Å². The first-order valence-electron chi connectivity index (χ1n) is 8.86. The van der Waals surface area contributed by atoms with Crippen LogP contribution in [0.4, 0.5) is 0 Å². The van der Waals surface area contributed by atoms with Crippen LogP contribution in [-0.4, -0.2) is 47.5 Å². The topological polar surface area (TPSA) is 64.7 Å².